The summed E-state index contributed by atoms with van der Waals surface area (Å²) in [4.78, 5) is 12.1. The third kappa shape index (κ3) is 5.82. The zero-order chi connectivity index (χ0) is 20.0. The van der Waals surface area contributed by atoms with Gasteiger partial charge in [-0.25, -0.2) is 13.8 Å². The van der Waals surface area contributed by atoms with Crippen molar-refractivity contribution in [2.24, 2.45) is 5.10 Å². The summed E-state index contributed by atoms with van der Waals surface area (Å²) < 4.78 is 31.0. The molecule has 0 saturated carbocycles. The summed E-state index contributed by atoms with van der Waals surface area (Å²) in [5.74, 6) is -0.473. The van der Waals surface area contributed by atoms with E-state index in [9.17, 15) is 18.3 Å². The number of para-hydroxylation sites is 1. The number of sulfonamides is 1. The van der Waals surface area contributed by atoms with E-state index in [1.807, 2.05) is 0 Å². The Hall–Kier alpha value is -2.34. The van der Waals surface area contributed by atoms with Gasteiger partial charge in [0.2, 0.25) is 10.0 Å². The van der Waals surface area contributed by atoms with Gasteiger partial charge in [0, 0.05) is 9.13 Å². The average Bonchev–Trinajstić information content (AvgIpc) is 2.61. The molecule has 0 bridgehead atoms. The van der Waals surface area contributed by atoms with Gasteiger partial charge in [-0.1, -0.05) is 6.07 Å². The van der Waals surface area contributed by atoms with Gasteiger partial charge in [-0.05, 0) is 59.0 Å². The molecule has 0 fully saturated rings. The molecule has 0 aliphatic rings. The number of amides is 1. The minimum Gasteiger partial charge on any atom is -0.504 e. The molecule has 2 N–H and O–H groups in total. The highest BCUT2D eigenvalue weighted by atomic mass is 127. The van der Waals surface area contributed by atoms with E-state index in [0.29, 0.717) is 11.3 Å². The van der Waals surface area contributed by atoms with Gasteiger partial charge >= 0.3 is 0 Å². The molecule has 2 aromatic carbocycles. The van der Waals surface area contributed by atoms with Gasteiger partial charge in [0.25, 0.3) is 5.91 Å². The summed E-state index contributed by atoms with van der Waals surface area (Å²) in [6.07, 6.45) is 2.27. The van der Waals surface area contributed by atoms with Crippen molar-refractivity contribution < 1.29 is 23.1 Å². The number of ether oxygens (including phenoxy) is 1. The number of phenols is 1. The topological polar surface area (TPSA) is 108 Å². The van der Waals surface area contributed by atoms with Crippen LogP contribution in [0, 0.1) is 3.57 Å². The number of anilines is 1. The van der Waals surface area contributed by atoms with Crippen LogP contribution in [0.2, 0.25) is 0 Å². The maximum atomic E-state index is 12.1. The predicted octanol–water partition coefficient (Wildman–Crippen LogP) is 1.92. The van der Waals surface area contributed by atoms with Gasteiger partial charge in [-0.2, -0.15) is 5.10 Å². The molecule has 0 aliphatic heterocycles. The maximum Gasteiger partial charge on any atom is 0.260 e. The minimum atomic E-state index is -3.66. The third-order valence-electron chi connectivity index (χ3n) is 3.45. The molecular formula is C17H18IN3O5S. The SMILES string of the molecule is COc1cccc(/C=N\NC(=O)CN(c2ccc(I)cc2)S(C)(=O)=O)c1O. The van der Waals surface area contributed by atoms with Gasteiger partial charge < -0.3 is 9.84 Å². The molecule has 8 nitrogen and oxygen atoms in total. The van der Waals surface area contributed by atoms with Crippen molar-refractivity contribution >= 4 is 50.4 Å². The van der Waals surface area contributed by atoms with Crippen molar-refractivity contribution in [3.8, 4) is 11.5 Å². The van der Waals surface area contributed by atoms with Gasteiger partial charge in [-0.3, -0.25) is 9.10 Å². The molecule has 10 heteroatoms. The lowest BCUT2D eigenvalue weighted by atomic mass is 10.2. The Morgan fingerprint density at radius 2 is 1.96 bits per heavy atom. The first-order valence-corrected chi connectivity index (χ1v) is 10.6. The number of carbonyl (C=O) groups is 1. The molecule has 0 atom stereocenters. The van der Waals surface area contributed by atoms with Crippen molar-refractivity contribution in [1.29, 1.82) is 0 Å². The fraction of sp³-hybridized carbons (Fsp3) is 0.176. The smallest absolute Gasteiger partial charge is 0.260 e. The number of halogens is 1. The van der Waals surface area contributed by atoms with Crippen LogP contribution in [0.25, 0.3) is 0 Å². The molecule has 0 radical (unpaired) electrons. The number of carbonyl (C=O) groups excluding carboxylic acids is 1. The van der Waals surface area contributed by atoms with Crippen LogP contribution in [0.15, 0.2) is 47.6 Å². The van der Waals surface area contributed by atoms with Crippen LogP contribution in [-0.4, -0.2) is 45.6 Å². The number of aromatic hydroxyl groups is 1. The number of hydrogen-bond donors (Lipinski definition) is 2. The number of hydrogen-bond acceptors (Lipinski definition) is 6. The van der Waals surface area contributed by atoms with Crippen LogP contribution in [0.3, 0.4) is 0 Å². The zero-order valence-corrected chi connectivity index (χ0v) is 17.6. The van der Waals surface area contributed by atoms with Crippen LogP contribution in [0.1, 0.15) is 5.56 Å². The summed E-state index contributed by atoms with van der Waals surface area (Å²) in [6, 6.07) is 11.6. The number of nitrogens with one attached hydrogen (secondary N) is 1. The van der Waals surface area contributed by atoms with Gasteiger partial charge in [0.15, 0.2) is 11.5 Å². The summed E-state index contributed by atoms with van der Waals surface area (Å²) in [5, 5.41) is 13.7. The Morgan fingerprint density at radius 1 is 1.30 bits per heavy atom. The second-order valence-electron chi connectivity index (χ2n) is 5.44. The number of rotatable bonds is 7. The number of methoxy groups -OCH3 is 1. The lowest BCUT2D eigenvalue weighted by Gasteiger charge is -2.21. The highest BCUT2D eigenvalue weighted by Crippen LogP contribution is 2.27. The molecule has 0 aliphatic carbocycles. The molecule has 0 unspecified atom stereocenters. The largest absolute Gasteiger partial charge is 0.504 e. The molecule has 0 saturated heterocycles. The quantitative estimate of drug-likeness (QED) is 0.341. The summed E-state index contributed by atoms with van der Waals surface area (Å²) >= 11 is 2.10. The Kier molecular flexibility index (Phi) is 7.02. The van der Waals surface area contributed by atoms with E-state index in [1.165, 1.54) is 13.3 Å². The summed E-state index contributed by atoms with van der Waals surface area (Å²) in [6.45, 7) is -0.430. The van der Waals surface area contributed by atoms with Gasteiger partial charge in [0.1, 0.15) is 6.54 Å². The van der Waals surface area contributed by atoms with E-state index in [-0.39, 0.29) is 11.5 Å². The number of hydrazone groups is 1. The molecule has 0 heterocycles. The monoisotopic (exact) mass is 503 g/mol. The Morgan fingerprint density at radius 3 is 2.56 bits per heavy atom. The minimum absolute atomic E-state index is 0.116. The van der Waals surface area contributed by atoms with E-state index in [0.717, 1.165) is 14.1 Å². The lowest BCUT2D eigenvalue weighted by molar-refractivity contribution is -0.119. The number of benzene rings is 2. The molecule has 2 aromatic rings. The maximum absolute atomic E-state index is 12.1. The van der Waals surface area contributed by atoms with E-state index in [1.54, 1.807) is 42.5 Å². The van der Waals surface area contributed by atoms with Crippen LogP contribution < -0.4 is 14.5 Å². The Bertz CT molecular complexity index is 946. The summed E-state index contributed by atoms with van der Waals surface area (Å²) in [7, 11) is -2.24. The first-order valence-electron chi connectivity index (χ1n) is 7.63. The zero-order valence-electron chi connectivity index (χ0n) is 14.6. The lowest BCUT2D eigenvalue weighted by Crippen LogP contribution is -2.39. The second kappa shape index (κ2) is 9.04. The first-order chi connectivity index (χ1) is 12.7. The van der Waals surface area contributed by atoms with E-state index < -0.39 is 22.5 Å². The third-order valence-corrected chi connectivity index (χ3v) is 5.30. The molecule has 2 rings (SSSR count). The molecule has 0 aromatic heterocycles. The normalized spacial score (nSPS) is 11.4. The van der Waals surface area contributed by atoms with Crippen molar-refractivity contribution in [2.45, 2.75) is 0 Å². The van der Waals surface area contributed by atoms with Gasteiger partial charge in [0.05, 0.1) is 25.3 Å². The van der Waals surface area contributed by atoms with E-state index in [2.05, 4.69) is 33.1 Å². The molecule has 144 valence electrons. The Labute approximate surface area is 171 Å². The fourth-order valence-electron chi connectivity index (χ4n) is 2.16. The second-order valence-corrected chi connectivity index (χ2v) is 8.59. The average molecular weight is 503 g/mol. The van der Waals surface area contributed by atoms with Crippen LogP contribution in [0.5, 0.6) is 11.5 Å². The van der Waals surface area contributed by atoms with E-state index in [4.69, 9.17) is 4.74 Å². The fourth-order valence-corrected chi connectivity index (χ4v) is 3.37. The number of nitrogens with zero attached hydrogens (tertiary/aromatic N) is 2. The van der Waals surface area contributed by atoms with Crippen LogP contribution in [-0.2, 0) is 14.8 Å². The molecule has 27 heavy (non-hydrogen) atoms. The molecule has 0 spiro atoms. The highest BCUT2D eigenvalue weighted by molar-refractivity contribution is 14.1. The first kappa shape index (κ1) is 21.0. The Balaban J connectivity index is 2.09. The molecular weight excluding hydrogens is 485 g/mol. The van der Waals surface area contributed by atoms with Crippen molar-refractivity contribution in [3.05, 3.63) is 51.6 Å². The number of phenolic OH excluding ortho intramolecular Hbond substituents is 1. The predicted molar refractivity (Wildman–Crippen MR) is 112 cm³/mol. The van der Waals surface area contributed by atoms with Crippen molar-refractivity contribution in [1.82, 2.24) is 5.43 Å². The van der Waals surface area contributed by atoms with Crippen LogP contribution in [0.4, 0.5) is 5.69 Å². The van der Waals surface area contributed by atoms with Gasteiger partial charge in [-0.15, -0.1) is 0 Å². The van der Waals surface area contributed by atoms with Crippen LogP contribution >= 0.6 is 22.6 Å². The molecule has 1 amide bonds. The summed E-state index contributed by atoms with van der Waals surface area (Å²) in [5.41, 5.74) is 2.97. The van der Waals surface area contributed by atoms with E-state index >= 15 is 0 Å². The highest BCUT2D eigenvalue weighted by Gasteiger charge is 2.20. The van der Waals surface area contributed by atoms with Crippen molar-refractivity contribution in [3.63, 3.8) is 0 Å². The van der Waals surface area contributed by atoms with Crippen molar-refractivity contribution in [2.75, 3.05) is 24.2 Å². The standard InChI is InChI=1S/C17H18IN3O5S/c1-26-15-5-3-4-12(17(15)23)10-19-20-16(22)11-21(27(2,24)25)14-8-6-13(18)7-9-14/h3-10,23H,11H2,1-2H3,(H,20,22)/b19-10-.